The molecule has 112 valence electrons. The third-order valence-electron chi connectivity index (χ3n) is 2.97. The molecule has 0 aliphatic heterocycles. The van der Waals surface area contributed by atoms with Gasteiger partial charge >= 0.3 is 0 Å². The quantitative estimate of drug-likeness (QED) is 0.852. The Morgan fingerprint density at radius 3 is 2.62 bits per heavy atom. The van der Waals surface area contributed by atoms with Crippen LogP contribution in [-0.4, -0.2) is 6.61 Å². The lowest BCUT2D eigenvalue weighted by atomic mass is 10.2. The fourth-order valence-electron chi connectivity index (χ4n) is 1.94. The molecule has 0 fully saturated rings. The molecule has 3 nitrogen and oxygen atoms in total. The van der Waals surface area contributed by atoms with E-state index in [1.54, 1.807) is 12.1 Å². The Hall–Kier alpha value is -1.59. The van der Waals surface area contributed by atoms with E-state index in [0.29, 0.717) is 34.7 Å². The summed E-state index contributed by atoms with van der Waals surface area (Å²) in [6.45, 7) is 2.87. The van der Waals surface area contributed by atoms with Gasteiger partial charge in [-0.2, -0.15) is 0 Å². The van der Waals surface area contributed by atoms with Crippen LogP contribution >= 0.6 is 15.9 Å². The first-order valence-corrected chi connectivity index (χ1v) is 7.46. The van der Waals surface area contributed by atoms with Gasteiger partial charge < -0.3 is 15.2 Å². The van der Waals surface area contributed by atoms with Crippen molar-refractivity contribution >= 4 is 15.9 Å². The highest BCUT2D eigenvalue weighted by molar-refractivity contribution is 9.10. The number of halogens is 2. The van der Waals surface area contributed by atoms with Crippen LogP contribution in [0, 0.1) is 5.82 Å². The van der Waals surface area contributed by atoms with Gasteiger partial charge in [-0.15, -0.1) is 0 Å². The van der Waals surface area contributed by atoms with Crippen LogP contribution in [0.1, 0.15) is 18.1 Å². The van der Waals surface area contributed by atoms with Gasteiger partial charge in [-0.05, 0) is 25.1 Å². The standard InChI is InChI=1S/C16H17BrFNO2/c1-2-20-15-5-3-4-11(9-19)16(15)21-10-12-6-7-13(17)8-14(12)18/h3-8H,2,9-10,19H2,1H3. The molecule has 0 aliphatic rings. The van der Waals surface area contributed by atoms with Crippen molar-refractivity contribution in [3.63, 3.8) is 0 Å². The van der Waals surface area contributed by atoms with Crippen molar-refractivity contribution in [3.8, 4) is 11.5 Å². The fraction of sp³-hybridized carbons (Fsp3) is 0.250. The first-order chi connectivity index (χ1) is 10.2. The zero-order valence-electron chi connectivity index (χ0n) is 11.7. The summed E-state index contributed by atoms with van der Waals surface area (Å²) in [6.07, 6.45) is 0. The smallest absolute Gasteiger partial charge is 0.166 e. The minimum atomic E-state index is -0.312. The van der Waals surface area contributed by atoms with Gasteiger partial charge in [-0.3, -0.25) is 0 Å². The van der Waals surface area contributed by atoms with Crippen molar-refractivity contribution in [2.75, 3.05) is 6.61 Å². The molecule has 21 heavy (non-hydrogen) atoms. The predicted octanol–water partition coefficient (Wildman–Crippen LogP) is 4.02. The molecule has 0 saturated carbocycles. The van der Waals surface area contributed by atoms with Crippen LogP contribution in [0.25, 0.3) is 0 Å². The minimum absolute atomic E-state index is 0.121. The van der Waals surface area contributed by atoms with Crippen molar-refractivity contribution in [2.45, 2.75) is 20.1 Å². The van der Waals surface area contributed by atoms with Crippen LogP contribution in [0.2, 0.25) is 0 Å². The van der Waals surface area contributed by atoms with Gasteiger partial charge in [-0.1, -0.05) is 34.1 Å². The Labute approximate surface area is 132 Å². The summed E-state index contributed by atoms with van der Waals surface area (Å²) in [7, 11) is 0. The minimum Gasteiger partial charge on any atom is -0.490 e. The molecule has 0 aliphatic carbocycles. The predicted molar refractivity (Wildman–Crippen MR) is 83.9 cm³/mol. The second-order valence-electron chi connectivity index (χ2n) is 4.41. The van der Waals surface area contributed by atoms with E-state index in [0.717, 1.165) is 5.56 Å². The normalized spacial score (nSPS) is 10.5. The summed E-state index contributed by atoms with van der Waals surface area (Å²) in [4.78, 5) is 0. The maximum Gasteiger partial charge on any atom is 0.166 e. The largest absolute Gasteiger partial charge is 0.490 e. The first kappa shape index (κ1) is 15.8. The summed E-state index contributed by atoms with van der Waals surface area (Å²) in [5, 5.41) is 0. The molecule has 0 saturated heterocycles. The topological polar surface area (TPSA) is 44.5 Å². The van der Waals surface area contributed by atoms with Gasteiger partial charge in [0, 0.05) is 22.1 Å². The van der Waals surface area contributed by atoms with Crippen LogP contribution in [0.4, 0.5) is 4.39 Å². The van der Waals surface area contributed by atoms with E-state index in [4.69, 9.17) is 15.2 Å². The third kappa shape index (κ3) is 3.95. The van der Waals surface area contributed by atoms with Gasteiger partial charge in [0.05, 0.1) is 6.61 Å². The lowest BCUT2D eigenvalue weighted by Crippen LogP contribution is -2.06. The fourth-order valence-corrected chi connectivity index (χ4v) is 2.28. The van der Waals surface area contributed by atoms with Crippen molar-refractivity contribution in [1.82, 2.24) is 0 Å². The zero-order valence-corrected chi connectivity index (χ0v) is 13.3. The molecule has 5 heteroatoms. The van der Waals surface area contributed by atoms with Crippen LogP contribution in [0.3, 0.4) is 0 Å². The molecule has 2 rings (SSSR count). The van der Waals surface area contributed by atoms with Gasteiger partial charge in [0.25, 0.3) is 0 Å². The van der Waals surface area contributed by atoms with Crippen molar-refractivity contribution in [3.05, 3.63) is 57.8 Å². The molecule has 0 bridgehead atoms. The number of ether oxygens (including phenoxy) is 2. The summed E-state index contributed by atoms with van der Waals surface area (Å²) >= 11 is 3.23. The number of benzene rings is 2. The Bertz CT molecular complexity index is 619. The molecular formula is C16H17BrFNO2. The highest BCUT2D eigenvalue weighted by atomic mass is 79.9. The summed E-state index contributed by atoms with van der Waals surface area (Å²) in [5.74, 6) is 0.884. The van der Waals surface area contributed by atoms with Gasteiger partial charge in [0.15, 0.2) is 11.5 Å². The lowest BCUT2D eigenvalue weighted by molar-refractivity contribution is 0.263. The van der Waals surface area contributed by atoms with Gasteiger partial charge in [-0.25, -0.2) is 4.39 Å². The second-order valence-corrected chi connectivity index (χ2v) is 5.32. The van der Waals surface area contributed by atoms with Gasteiger partial charge in [0.1, 0.15) is 12.4 Å². The van der Waals surface area contributed by atoms with Crippen molar-refractivity contribution < 1.29 is 13.9 Å². The molecule has 0 heterocycles. The van der Waals surface area contributed by atoms with E-state index in [2.05, 4.69) is 15.9 Å². The Kier molecular flexibility index (Phi) is 5.59. The molecule has 0 radical (unpaired) electrons. The number of para-hydroxylation sites is 1. The van der Waals surface area contributed by atoms with E-state index >= 15 is 0 Å². The molecule has 0 spiro atoms. The highest BCUT2D eigenvalue weighted by Gasteiger charge is 2.11. The molecular weight excluding hydrogens is 337 g/mol. The Morgan fingerprint density at radius 1 is 1.14 bits per heavy atom. The lowest BCUT2D eigenvalue weighted by Gasteiger charge is -2.15. The summed E-state index contributed by atoms with van der Waals surface area (Å²) in [5.41, 5.74) is 7.03. The molecule has 2 N–H and O–H groups in total. The highest BCUT2D eigenvalue weighted by Crippen LogP contribution is 2.32. The van der Waals surface area contributed by atoms with E-state index in [-0.39, 0.29) is 12.4 Å². The molecule has 2 aromatic rings. The van der Waals surface area contributed by atoms with Crippen LogP contribution in [0.15, 0.2) is 40.9 Å². The SMILES string of the molecule is CCOc1cccc(CN)c1OCc1ccc(Br)cc1F. The number of rotatable bonds is 6. The van der Waals surface area contributed by atoms with Gasteiger partial charge in [0.2, 0.25) is 0 Å². The number of hydrogen-bond donors (Lipinski definition) is 1. The Morgan fingerprint density at radius 2 is 1.95 bits per heavy atom. The molecule has 0 aromatic heterocycles. The third-order valence-corrected chi connectivity index (χ3v) is 3.46. The van der Waals surface area contributed by atoms with Crippen LogP contribution in [0.5, 0.6) is 11.5 Å². The molecule has 0 atom stereocenters. The second kappa shape index (κ2) is 7.43. The van der Waals surface area contributed by atoms with E-state index in [9.17, 15) is 4.39 Å². The zero-order chi connectivity index (χ0) is 15.2. The maximum absolute atomic E-state index is 13.8. The molecule has 0 amide bonds. The summed E-state index contributed by atoms with van der Waals surface area (Å²) in [6, 6.07) is 10.4. The van der Waals surface area contributed by atoms with Crippen molar-refractivity contribution in [1.29, 1.82) is 0 Å². The molecule has 2 aromatic carbocycles. The summed E-state index contributed by atoms with van der Waals surface area (Å²) < 4.78 is 25.8. The average Bonchev–Trinajstić information content (AvgIpc) is 2.47. The van der Waals surface area contributed by atoms with Crippen LogP contribution < -0.4 is 15.2 Å². The molecule has 0 unspecified atom stereocenters. The van der Waals surface area contributed by atoms with E-state index < -0.39 is 0 Å². The van der Waals surface area contributed by atoms with E-state index in [1.807, 2.05) is 25.1 Å². The monoisotopic (exact) mass is 353 g/mol. The van der Waals surface area contributed by atoms with Crippen LogP contribution in [-0.2, 0) is 13.2 Å². The first-order valence-electron chi connectivity index (χ1n) is 6.67. The Balaban J connectivity index is 2.22. The van der Waals surface area contributed by atoms with E-state index in [1.165, 1.54) is 6.07 Å². The number of nitrogens with two attached hydrogens (primary N) is 1. The van der Waals surface area contributed by atoms with Crippen molar-refractivity contribution in [2.24, 2.45) is 5.73 Å². The number of hydrogen-bond acceptors (Lipinski definition) is 3. The average molecular weight is 354 g/mol. The maximum atomic E-state index is 13.8.